The van der Waals surface area contributed by atoms with E-state index in [9.17, 15) is 9.59 Å². The van der Waals surface area contributed by atoms with E-state index in [4.69, 9.17) is 27.9 Å². The van der Waals surface area contributed by atoms with Crippen molar-refractivity contribution in [3.05, 3.63) is 109 Å². The fourth-order valence-electron chi connectivity index (χ4n) is 3.51. The Labute approximate surface area is 189 Å². The van der Waals surface area contributed by atoms with Crippen LogP contribution in [0.3, 0.4) is 0 Å². The van der Waals surface area contributed by atoms with E-state index in [1.807, 2.05) is 24.3 Å². The minimum atomic E-state index is -0.402. The third kappa shape index (κ3) is 4.53. The molecule has 7 heteroatoms. The summed E-state index contributed by atoms with van der Waals surface area (Å²) >= 11 is 11.9. The molecule has 4 rings (SSSR count). The normalized spacial score (nSPS) is 11.1. The lowest BCUT2D eigenvalue weighted by Crippen LogP contribution is -2.39. The summed E-state index contributed by atoms with van der Waals surface area (Å²) < 4.78 is 8.65. The summed E-state index contributed by atoms with van der Waals surface area (Å²) in [5, 5.41) is 1.71. The van der Waals surface area contributed by atoms with E-state index in [-0.39, 0.29) is 12.1 Å². The lowest BCUT2D eigenvalue weighted by molar-refractivity contribution is 0.324. The smallest absolute Gasteiger partial charge is 0.331 e. The van der Waals surface area contributed by atoms with Gasteiger partial charge in [-0.05, 0) is 47.5 Å². The quantitative estimate of drug-likeness (QED) is 0.425. The van der Waals surface area contributed by atoms with Crippen molar-refractivity contribution in [3.8, 4) is 5.75 Å². The van der Waals surface area contributed by atoms with Crippen molar-refractivity contribution in [1.82, 2.24) is 9.13 Å². The fourth-order valence-corrected chi connectivity index (χ4v) is 3.76. The van der Waals surface area contributed by atoms with E-state index in [2.05, 4.69) is 0 Å². The number of para-hydroxylation sites is 1. The molecule has 0 saturated heterocycles. The molecule has 0 aliphatic carbocycles. The lowest BCUT2D eigenvalue weighted by Gasteiger charge is -2.15. The molecule has 0 amide bonds. The second-order valence-corrected chi connectivity index (χ2v) is 8.11. The number of hydrogen-bond acceptors (Lipinski definition) is 3. The average Bonchev–Trinajstić information content (AvgIpc) is 2.77. The molecule has 0 radical (unpaired) electrons. The predicted molar refractivity (Wildman–Crippen MR) is 125 cm³/mol. The standard InChI is InChI=1S/C24H20Cl2N2O3/c1-27-22-20(23(29)28(24(27)30)15-17-7-11-19(26)12-8-17)3-2-4-21(22)31-14-13-16-5-9-18(25)10-6-16/h2-12H,13-15H2,1H3. The van der Waals surface area contributed by atoms with Gasteiger partial charge in [0.05, 0.1) is 18.5 Å². The minimum Gasteiger partial charge on any atom is -0.491 e. The second-order valence-electron chi connectivity index (χ2n) is 7.24. The number of nitrogens with zero attached hydrogens (tertiary/aromatic N) is 2. The van der Waals surface area contributed by atoms with Gasteiger partial charge in [-0.15, -0.1) is 0 Å². The number of fused-ring (bicyclic) bond motifs is 1. The van der Waals surface area contributed by atoms with Crippen molar-refractivity contribution < 1.29 is 4.74 Å². The molecule has 0 bridgehead atoms. The van der Waals surface area contributed by atoms with Crippen LogP contribution < -0.4 is 16.0 Å². The van der Waals surface area contributed by atoms with Gasteiger partial charge in [0.1, 0.15) is 11.3 Å². The van der Waals surface area contributed by atoms with E-state index >= 15 is 0 Å². The first-order valence-electron chi connectivity index (χ1n) is 9.78. The van der Waals surface area contributed by atoms with Crippen LogP contribution in [0.5, 0.6) is 5.75 Å². The third-order valence-corrected chi connectivity index (χ3v) is 5.65. The van der Waals surface area contributed by atoms with Crippen molar-refractivity contribution in [2.45, 2.75) is 13.0 Å². The van der Waals surface area contributed by atoms with Crippen molar-refractivity contribution in [2.75, 3.05) is 6.61 Å². The zero-order valence-corrected chi connectivity index (χ0v) is 18.4. The summed E-state index contributed by atoms with van der Waals surface area (Å²) in [4.78, 5) is 26.1. The Morgan fingerprint density at radius 2 is 1.45 bits per heavy atom. The summed E-state index contributed by atoms with van der Waals surface area (Å²) in [7, 11) is 1.65. The van der Waals surface area contributed by atoms with E-state index in [1.165, 1.54) is 9.13 Å². The monoisotopic (exact) mass is 454 g/mol. The molecule has 0 atom stereocenters. The maximum Gasteiger partial charge on any atom is 0.331 e. The van der Waals surface area contributed by atoms with Crippen molar-refractivity contribution >= 4 is 34.1 Å². The van der Waals surface area contributed by atoms with Crippen molar-refractivity contribution in [2.24, 2.45) is 7.05 Å². The summed E-state index contributed by atoms with van der Waals surface area (Å²) in [6, 6.07) is 19.9. The Bertz CT molecular complexity index is 1340. The Balaban J connectivity index is 1.66. The summed E-state index contributed by atoms with van der Waals surface area (Å²) in [5.41, 5.74) is 1.64. The number of halogens is 2. The van der Waals surface area contributed by atoms with Gasteiger partial charge < -0.3 is 4.74 Å². The van der Waals surface area contributed by atoms with E-state index in [0.717, 1.165) is 11.1 Å². The number of ether oxygens (including phenoxy) is 1. The van der Waals surface area contributed by atoms with Crippen LogP contribution in [-0.2, 0) is 20.0 Å². The first kappa shape index (κ1) is 21.2. The Hall–Kier alpha value is -3.02. The van der Waals surface area contributed by atoms with Crippen molar-refractivity contribution in [1.29, 1.82) is 0 Å². The molecular weight excluding hydrogens is 435 g/mol. The van der Waals surface area contributed by atoms with Crippen LogP contribution in [0.2, 0.25) is 10.0 Å². The molecule has 0 unspecified atom stereocenters. The molecule has 0 N–H and O–H groups in total. The summed E-state index contributed by atoms with van der Waals surface area (Å²) in [6.45, 7) is 0.572. The lowest BCUT2D eigenvalue weighted by atomic mass is 10.1. The second kappa shape index (κ2) is 9.00. The maximum absolute atomic E-state index is 13.1. The molecule has 0 saturated carbocycles. The van der Waals surface area contributed by atoms with Crippen LogP contribution in [0.4, 0.5) is 0 Å². The summed E-state index contributed by atoms with van der Waals surface area (Å²) in [5.74, 6) is 0.502. The number of aromatic nitrogens is 2. The van der Waals surface area contributed by atoms with Gasteiger partial charge in [-0.2, -0.15) is 0 Å². The Morgan fingerprint density at radius 3 is 2.10 bits per heavy atom. The molecule has 31 heavy (non-hydrogen) atoms. The highest BCUT2D eigenvalue weighted by Gasteiger charge is 2.15. The van der Waals surface area contributed by atoms with Gasteiger partial charge in [-0.3, -0.25) is 13.9 Å². The number of rotatable bonds is 6. The zero-order valence-electron chi connectivity index (χ0n) is 16.8. The topological polar surface area (TPSA) is 53.2 Å². The van der Waals surface area contributed by atoms with Gasteiger partial charge in [0.2, 0.25) is 0 Å². The molecule has 0 spiro atoms. The molecular formula is C24H20Cl2N2O3. The number of benzene rings is 3. The van der Waals surface area contributed by atoms with E-state index in [1.54, 1.807) is 49.5 Å². The Morgan fingerprint density at radius 1 is 0.839 bits per heavy atom. The van der Waals surface area contributed by atoms with Crippen LogP contribution in [-0.4, -0.2) is 15.7 Å². The fraction of sp³-hybridized carbons (Fsp3) is 0.167. The molecule has 0 aliphatic rings. The highest BCUT2D eigenvalue weighted by Crippen LogP contribution is 2.22. The van der Waals surface area contributed by atoms with Crippen LogP contribution in [0.1, 0.15) is 11.1 Å². The zero-order chi connectivity index (χ0) is 22.0. The molecule has 0 aliphatic heterocycles. The van der Waals surface area contributed by atoms with Crippen LogP contribution in [0, 0.1) is 0 Å². The van der Waals surface area contributed by atoms with Gasteiger partial charge >= 0.3 is 5.69 Å². The SMILES string of the molecule is Cn1c(=O)n(Cc2ccc(Cl)cc2)c(=O)c2cccc(OCCc3ccc(Cl)cc3)c21. The Kier molecular flexibility index (Phi) is 6.16. The number of hydrogen-bond donors (Lipinski definition) is 0. The van der Waals surface area contributed by atoms with Gasteiger partial charge in [0.25, 0.3) is 5.56 Å². The van der Waals surface area contributed by atoms with Crippen LogP contribution in [0.15, 0.2) is 76.3 Å². The largest absolute Gasteiger partial charge is 0.491 e. The van der Waals surface area contributed by atoms with Gasteiger partial charge in [-0.1, -0.05) is 53.5 Å². The molecule has 3 aromatic carbocycles. The molecule has 4 aromatic rings. The van der Waals surface area contributed by atoms with Gasteiger partial charge in [-0.25, -0.2) is 4.79 Å². The van der Waals surface area contributed by atoms with Crippen LogP contribution in [0.25, 0.3) is 10.9 Å². The third-order valence-electron chi connectivity index (χ3n) is 5.14. The maximum atomic E-state index is 13.1. The predicted octanol–water partition coefficient (Wildman–Crippen LogP) is 4.68. The highest BCUT2D eigenvalue weighted by atomic mass is 35.5. The molecule has 0 fully saturated rings. The molecule has 1 aromatic heterocycles. The molecule has 1 heterocycles. The average molecular weight is 455 g/mol. The minimum absolute atomic E-state index is 0.167. The van der Waals surface area contributed by atoms with Crippen LogP contribution >= 0.6 is 23.2 Å². The van der Waals surface area contributed by atoms with Gasteiger partial charge in [0, 0.05) is 23.5 Å². The molecule has 158 valence electrons. The van der Waals surface area contributed by atoms with Crippen molar-refractivity contribution in [3.63, 3.8) is 0 Å². The first-order valence-corrected chi connectivity index (χ1v) is 10.5. The molecule has 5 nitrogen and oxygen atoms in total. The highest BCUT2D eigenvalue weighted by molar-refractivity contribution is 6.30. The first-order chi connectivity index (χ1) is 14.9. The van der Waals surface area contributed by atoms with E-state index in [0.29, 0.717) is 39.7 Å². The van der Waals surface area contributed by atoms with Gasteiger partial charge in [0.15, 0.2) is 0 Å². The van der Waals surface area contributed by atoms with E-state index < -0.39 is 5.69 Å². The number of aryl methyl sites for hydroxylation is 1. The summed E-state index contributed by atoms with van der Waals surface area (Å²) in [6.07, 6.45) is 0.676.